The lowest BCUT2D eigenvalue weighted by Crippen LogP contribution is -2.06. The minimum absolute atomic E-state index is 0.0361. The number of sulfone groups is 1. The third-order valence-corrected chi connectivity index (χ3v) is 5.09. The van der Waals surface area contributed by atoms with Gasteiger partial charge in [0.05, 0.1) is 4.90 Å². The average Bonchev–Trinajstić information content (AvgIpc) is 2.34. The van der Waals surface area contributed by atoms with Gasteiger partial charge in [-0.05, 0) is 37.6 Å². The number of benzene rings is 2. The molecule has 0 saturated carbocycles. The van der Waals surface area contributed by atoms with Crippen LogP contribution in [-0.4, -0.2) is 18.6 Å². The smallest absolute Gasteiger partial charge is 0.210 e. The van der Waals surface area contributed by atoms with E-state index in [4.69, 9.17) is 0 Å². The lowest BCUT2D eigenvalue weighted by molar-refractivity contribution is 0.457. The molecular weight excluding hydrogens is 264 g/mol. The molecule has 0 saturated heterocycles. The molecule has 2 aromatic carbocycles. The minimum Gasteiger partial charge on any atom is -0.508 e. The zero-order valence-electron chi connectivity index (χ0n) is 10.6. The molecule has 5 heteroatoms. The highest BCUT2D eigenvalue weighted by atomic mass is 32.2. The van der Waals surface area contributed by atoms with E-state index < -0.39 is 9.84 Å². The highest BCUT2D eigenvalue weighted by Crippen LogP contribution is 2.34. The standard InChI is InChI=1S/C14H14O4S/c1-9-7-8-11(15)10(2)14(9)19(17,18)13-6-4-3-5-12(13)16/h3-8,15-16H,1-2H3. The lowest BCUT2D eigenvalue weighted by Gasteiger charge is -2.13. The Morgan fingerprint density at radius 3 is 2.16 bits per heavy atom. The van der Waals surface area contributed by atoms with Crippen molar-refractivity contribution in [3.05, 3.63) is 47.5 Å². The number of rotatable bonds is 2. The van der Waals surface area contributed by atoms with Crippen LogP contribution in [0.4, 0.5) is 0 Å². The van der Waals surface area contributed by atoms with E-state index in [2.05, 4.69) is 0 Å². The summed E-state index contributed by atoms with van der Waals surface area (Å²) in [5.41, 5.74) is 0.807. The van der Waals surface area contributed by atoms with Crippen LogP contribution in [0, 0.1) is 13.8 Å². The van der Waals surface area contributed by atoms with Gasteiger partial charge in [-0.3, -0.25) is 0 Å². The Morgan fingerprint density at radius 1 is 0.895 bits per heavy atom. The fourth-order valence-corrected chi connectivity index (χ4v) is 3.85. The Hall–Kier alpha value is -2.01. The van der Waals surface area contributed by atoms with Crippen LogP contribution in [0.3, 0.4) is 0 Å². The van der Waals surface area contributed by atoms with Gasteiger partial charge in [-0.1, -0.05) is 18.2 Å². The van der Waals surface area contributed by atoms with Crippen LogP contribution in [0.5, 0.6) is 11.5 Å². The van der Waals surface area contributed by atoms with Crippen molar-refractivity contribution in [3.63, 3.8) is 0 Å². The molecule has 0 aliphatic rings. The number of phenols is 2. The van der Waals surface area contributed by atoms with Gasteiger partial charge in [-0.2, -0.15) is 0 Å². The van der Waals surface area contributed by atoms with Crippen molar-refractivity contribution in [2.75, 3.05) is 0 Å². The van der Waals surface area contributed by atoms with Crippen LogP contribution in [0.15, 0.2) is 46.2 Å². The van der Waals surface area contributed by atoms with Crippen molar-refractivity contribution in [1.82, 2.24) is 0 Å². The summed E-state index contributed by atoms with van der Waals surface area (Å²) >= 11 is 0. The number of aryl methyl sites for hydroxylation is 1. The lowest BCUT2D eigenvalue weighted by atomic mass is 10.1. The predicted molar refractivity (Wildman–Crippen MR) is 71.1 cm³/mol. The third-order valence-electron chi connectivity index (χ3n) is 3.00. The van der Waals surface area contributed by atoms with Gasteiger partial charge in [-0.25, -0.2) is 8.42 Å². The van der Waals surface area contributed by atoms with Gasteiger partial charge in [0.2, 0.25) is 9.84 Å². The maximum atomic E-state index is 12.6. The minimum atomic E-state index is -3.86. The Kier molecular flexibility index (Phi) is 3.24. The first-order valence-corrected chi connectivity index (χ1v) is 7.16. The molecule has 0 unspecified atom stereocenters. The van der Waals surface area contributed by atoms with E-state index in [0.717, 1.165) is 0 Å². The fourth-order valence-electron chi connectivity index (χ4n) is 2.02. The normalized spacial score (nSPS) is 11.5. The zero-order valence-corrected chi connectivity index (χ0v) is 11.4. The summed E-state index contributed by atoms with van der Waals surface area (Å²) in [5, 5.41) is 19.4. The van der Waals surface area contributed by atoms with Crippen molar-refractivity contribution in [2.24, 2.45) is 0 Å². The quantitative estimate of drug-likeness (QED) is 0.885. The molecule has 0 heterocycles. The SMILES string of the molecule is Cc1ccc(O)c(C)c1S(=O)(=O)c1ccccc1O. The monoisotopic (exact) mass is 278 g/mol. The first-order chi connectivity index (χ1) is 8.85. The van der Waals surface area contributed by atoms with E-state index in [9.17, 15) is 18.6 Å². The molecule has 0 spiro atoms. The average molecular weight is 278 g/mol. The molecule has 2 N–H and O–H groups in total. The zero-order chi connectivity index (χ0) is 14.2. The largest absolute Gasteiger partial charge is 0.508 e. The summed E-state index contributed by atoms with van der Waals surface area (Å²) in [4.78, 5) is -0.124. The predicted octanol–water partition coefficient (Wildman–Crippen LogP) is 2.55. The Bertz CT molecular complexity index is 733. The number of aromatic hydroxyl groups is 2. The number of hydrogen-bond acceptors (Lipinski definition) is 4. The molecule has 19 heavy (non-hydrogen) atoms. The number of para-hydroxylation sites is 1. The summed E-state index contributed by atoms with van der Waals surface area (Å²) in [6, 6.07) is 8.74. The van der Waals surface area contributed by atoms with E-state index in [0.29, 0.717) is 5.56 Å². The molecule has 100 valence electrons. The summed E-state index contributed by atoms with van der Waals surface area (Å²) in [6.45, 7) is 3.19. The topological polar surface area (TPSA) is 74.6 Å². The van der Waals surface area contributed by atoms with Crippen molar-refractivity contribution in [2.45, 2.75) is 23.6 Å². The van der Waals surface area contributed by atoms with Crippen LogP contribution in [0.25, 0.3) is 0 Å². The van der Waals surface area contributed by atoms with E-state index >= 15 is 0 Å². The van der Waals surface area contributed by atoms with Gasteiger partial charge in [-0.15, -0.1) is 0 Å². The molecular formula is C14H14O4S. The Labute approximate surface area is 111 Å². The molecule has 0 aromatic heterocycles. The Balaban J connectivity index is 2.79. The van der Waals surface area contributed by atoms with Crippen molar-refractivity contribution >= 4 is 9.84 Å². The Morgan fingerprint density at radius 2 is 1.53 bits per heavy atom. The molecule has 0 radical (unpaired) electrons. The molecule has 0 fully saturated rings. The number of hydrogen-bond donors (Lipinski definition) is 2. The van der Waals surface area contributed by atoms with E-state index in [1.54, 1.807) is 19.1 Å². The molecule has 0 aliphatic heterocycles. The maximum absolute atomic E-state index is 12.6. The van der Waals surface area contributed by atoms with Crippen LogP contribution in [-0.2, 0) is 9.84 Å². The van der Waals surface area contributed by atoms with Crippen molar-refractivity contribution < 1.29 is 18.6 Å². The molecule has 2 aromatic rings. The van der Waals surface area contributed by atoms with Crippen molar-refractivity contribution in [1.29, 1.82) is 0 Å². The van der Waals surface area contributed by atoms with E-state index in [1.807, 2.05) is 0 Å². The van der Waals surface area contributed by atoms with E-state index in [1.165, 1.54) is 31.2 Å². The van der Waals surface area contributed by atoms with Crippen LogP contribution >= 0.6 is 0 Å². The summed E-state index contributed by atoms with van der Waals surface area (Å²) in [5.74, 6) is -0.385. The van der Waals surface area contributed by atoms with Crippen LogP contribution < -0.4 is 0 Å². The van der Waals surface area contributed by atoms with Gasteiger partial charge < -0.3 is 10.2 Å². The van der Waals surface area contributed by atoms with Crippen LogP contribution in [0.1, 0.15) is 11.1 Å². The first kappa shape index (κ1) is 13.4. The molecule has 0 bridgehead atoms. The molecule has 0 atom stereocenters. The van der Waals surface area contributed by atoms with Gasteiger partial charge in [0.1, 0.15) is 16.4 Å². The third kappa shape index (κ3) is 2.17. The summed E-state index contributed by atoms with van der Waals surface area (Å²) < 4.78 is 25.2. The summed E-state index contributed by atoms with van der Waals surface area (Å²) in [7, 11) is -3.86. The van der Waals surface area contributed by atoms with Crippen LogP contribution in [0.2, 0.25) is 0 Å². The van der Waals surface area contributed by atoms with E-state index in [-0.39, 0.29) is 26.9 Å². The fraction of sp³-hybridized carbons (Fsp3) is 0.143. The molecule has 0 aliphatic carbocycles. The van der Waals surface area contributed by atoms with Gasteiger partial charge in [0.25, 0.3) is 0 Å². The van der Waals surface area contributed by atoms with Gasteiger partial charge in [0.15, 0.2) is 0 Å². The first-order valence-electron chi connectivity index (χ1n) is 5.68. The van der Waals surface area contributed by atoms with Crippen molar-refractivity contribution in [3.8, 4) is 11.5 Å². The molecule has 0 amide bonds. The second-order valence-electron chi connectivity index (χ2n) is 4.33. The second kappa shape index (κ2) is 4.59. The highest BCUT2D eigenvalue weighted by molar-refractivity contribution is 7.91. The molecule has 4 nitrogen and oxygen atoms in total. The second-order valence-corrected chi connectivity index (χ2v) is 6.18. The summed E-state index contributed by atoms with van der Waals surface area (Å²) in [6.07, 6.45) is 0. The maximum Gasteiger partial charge on any atom is 0.210 e. The number of phenolic OH excluding ortho intramolecular Hbond substituents is 2. The highest BCUT2D eigenvalue weighted by Gasteiger charge is 2.26. The molecule has 2 rings (SSSR count). The van der Waals surface area contributed by atoms with Gasteiger partial charge >= 0.3 is 0 Å². The van der Waals surface area contributed by atoms with Gasteiger partial charge in [0, 0.05) is 5.56 Å².